The van der Waals surface area contributed by atoms with Gasteiger partial charge in [-0.15, -0.1) is 13.2 Å². The normalized spacial score (nSPS) is 17.2. The predicted octanol–water partition coefficient (Wildman–Crippen LogP) is 5.37. The fourth-order valence-corrected chi connectivity index (χ4v) is 5.93. The monoisotopic (exact) mass is 600 g/mol. The molecule has 2 heterocycles. The second-order valence-corrected chi connectivity index (χ2v) is 11.5. The summed E-state index contributed by atoms with van der Waals surface area (Å²) in [7, 11) is 3.90. The molecule has 12 heteroatoms. The summed E-state index contributed by atoms with van der Waals surface area (Å²) in [6.07, 6.45) is 1.05. The molecule has 0 unspecified atom stereocenters. The second-order valence-electron chi connectivity index (χ2n) is 11.5. The zero-order chi connectivity index (χ0) is 30.6. The second kappa shape index (κ2) is 13.3. The van der Waals surface area contributed by atoms with Gasteiger partial charge in [0, 0.05) is 56.9 Å². The van der Waals surface area contributed by atoms with Crippen molar-refractivity contribution in [3.8, 4) is 5.75 Å². The number of ether oxygens (including phenoxy) is 1. The van der Waals surface area contributed by atoms with Gasteiger partial charge in [0.25, 0.3) is 5.91 Å². The number of nitrogens with one attached hydrogen (secondary N) is 1. The fourth-order valence-electron chi connectivity index (χ4n) is 5.93. The van der Waals surface area contributed by atoms with E-state index in [1.165, 1.54) is 18.6 Å². The van der Waals surface area contributed by atoms with Gasteiger partial charge in [-0.25, -0.2) is 4.98 Å². The van der Waals surface area contributed by atoms with Gasteiger partial charge < -0.3 is 24.0 Å². The molecule has 9 nitrogen and oxygen atoms in total. The third-order valence-corrected chi connectivity index (χ3v) is 8.41. The van der Waals surface area contributed by atoms with Gasteiger partial charge >= 0.3 is 6.36 Å². The number of aryl methyl sites for hydroxylation is 1. The maximum atomic E-state index is 13.2. The SMILES string of the molecule is CN1CCN(CCCn2c(NC(=O)c3cccc(OC(F)(F)F)c3)nc3cc(N(C)C(=O)C4CCCCC4)ccc32)CC1. The van der Waals surface area contributed by atoms with Gasteiger partial charge in [0.05, 0.1) is 11.0 Å². The Morgan fingerprint density at radius 2 is 1.77 bits per heavy atom. The van der Waals surface area contributed by atoms with Crippen LogP contribution in [0, 0.1) is 5.92 Å². The molecule has 0 radical (unpaired) electrons. The molecular formula is C31H39F3N6O3. The Labute approximate surface area is 249 Å². The van der Waals surface area contributed by atoms with E-state index in [-0.39, 0.29) is 17.4 Å². The van der Waals surface area contributed by atoms with Crippen LogP contribution in [0.2, 0.25) is 0 Å². The molecule has 2 fully saturated rings. The van der Waals surface area contributed by atoms with Crippen LogP contribution in [0.5, 0.6) is 5.75 Å². The van der Waals surface area contributed by atoms with Crippen molar-refractivity contribution < 1.29 is 27.5 Å². The number of hydrogen-bond donors (Lipinski definition) is 1. The minimum atomic E-state index is -4.86. The predicted molar refractivity (Wildman–Crippen MR) is 159 cm³/mol. The number of piperazine rings is 1. The Morgan fingerprint density at radius 1 is 1.02 bits per heavy atom. The lowest BCUT2D eigenvalue weighted by Crippen LogP contribution is -2.44. The molecule has 1 N–H and O–H groups in total. The molecule has 0 spiro atoms. The molecule has 1 saturated heterocycles. The van der Waals surface area contributed by atoms with Gasteiger partial charge in [-0.1, -0.05) is 25.3 Å². The van der Waals surface area contributed by atoms with E-state index < -0.39 is 18.0 Å². The van der Waals surface area contributed by atoms with Crippen LogP contribution in [0.4, 0.5) is 24.8 Å². The van der Waals surface area contributed by atoms with Gasteiger partial charge in [-0.3, -0.25) is 14.9 Å². The first kappa shape index (κ1) is 30.8. The average Bonchev–Trinajstić information content (AvgIpc) is 3.33. The quantitative estimate of drug-likeness (QED) is 0.356. The van der Waals surface area contributed by atoms with Crippen molar-refractivity contribution in [3.63, 3.8) is 0 Å². The number of fused-ring (bicyclic) bond motifs is 1. The van der Waals surface area contributed by atoms with Crippen LogP contribution < -0.4 is 15.0 Å². The van der Waals surface area contributed by atoms with Crippen LogP contribution in [-0.2, 0) is 11.3 Å². The van der Waals surface area contributed by atoms with Gasteiger partial charge in [-0.2, -0.15) is 0 Å². The van der Waals surface area contributed by atoms with Crippen molar-refractivity contribution in [2.24, 2.45) is 5.92 Å². The van der Waals surface area contributed by atoms with Crippen molar-refractivity contribution in [2.45, 2.75) is 51.4 Å². The number of hydrogen-bond acceptors (Lipinski definition) is 6. The summed E-state index contributed by atoms with van der Waals surface area (Å²) in [6, 6.07) is 10.6. The van der Waals surface area contributed by atoms with Crippen LogP contribution in [0.15, 0.2) is 42.5 Å². The number of rotatable bonds is 9. The first-order chi connectivity index (χ1) is 20.6. The van der Waals surface area contributed by atoms with Gasteiger partial charge in [-0.05, 0) is 69.3 Å². The molecule has 2 amide bonds. The highest BCUT2D eigenvalue weighted by atomic mass is 19.4. The Morgan fingerprint density at radius 3 is 2.49 bits per heavy atom. The van der Waals surface area contributed by atoms with Crippen molar-refractivity contribution in [2.75, 3.05) is 57.0 Å². The number of carbonyl (C=O) groups excluding carboxylic acids is 2. The third kappa shape index (κ3) is 7.85. The van der Waals surface area contributed by atoms with Crippen LogP contribution in [0.25, 0.3) is 11.0 Å². The van der Waals surface area contributed by atoms with E-state index in [0.717, 1.165) is 88.2 Å². The van der Waals surface area contributed by atoms with Crippen molar-refractivity contribution in [3.05, 3.63) is 48.0 Å². The molecule has 1 aliphatic carbocycles. The maximum absolute atomic E-state index is 13.2. The Bertz CT molecular complexity index is 1430. The lowest BCUT2D eigenvalue weighted by atomic mass is 9.88. The highest BCUT2D eigenvalue weighted by Crippen LogP contribution is 2.30. The highest BCUT2D eigenvalue weighted by molar-refractivity contribution is 6.04. The smallest absolute Gasteiger partial charge is 0.406 e. The number of anilines is 2. The fraction of sp³-hybridized carbons (Fsp3) is 0.516. The molecule has 1 saturated carbocycles. The number of carbonyl (C=O) groups is 2. The van der Waals surface area contributed by atoms with Crippen LogP contribution >= 0.6 is 0 Å². The number of benzene rings is 2. The summed E-state index contributed by atoms with van der Waals surface area (Å²) in [6.45, 7) is 5.47. The van der Waals surface area contributed by atoms with E-state index in [9.17, 15) is 22.8 Å². The summed E-state index contributed by atoms with van der Waals surface area (Å²) < 4.78 is 44.1. The molecule has 5 rings (SSSR count). The summed E-state index contributed by atoms with van der Waals surface area (Å²) in [5, 5.41) is 2.80. The van der Waals surface area contributed by atoms with E-state index in [4.69, 9.17) is 4.98 Å². The summed E-state index contributed by atoms with van der Waals surface area (Å²) >= 11 is 0. The number of halogens is 3. The topological polar surface area (TPSA) is 82.9 Å². The van der Waals surface area contributed by atoms with Crippen LogP contribution in [0.3, 0.4) is 0 Å². The minimum Gasteiger partial charge on any atom is -0.406 e. The standard InChI is InChI=1S/C31H39F3N6O3/c1-37-16-18-39(19-17-37)14-7-15-40-27-13-12-24(38(2)29(42)22-8-4-3-5-9-22)21-26(27)35-30(40)36-28(41)23-10-6-11-25(20-23)43-31(32,33)34/h6,10-13,20-22H,3-5,7-9,14-19H2,1-2H3,(H,35,36,41). The maximum Gasteiger partial charge on any atom is 0.573 e. The number of likely N-dealkylation sites (N-methyl/N-ethyl adjacent to an activating group) is 1. The lowest BCUT2D eigenvalue weighted by Gasteiger charge is -2.32. The number of nitrogens with zero attached hydrogens (tertiary/aromatic N) is 5. The Hall–Kier alpha value is -3.64. The van der Waals surface area contributed by atoms with Gasteiger partial charge in [0.1, 0.15) is 5.75 Å². The highest BCUT2D eigenvalue weighted by Gasteiger charge is 2.31. The minimum absolute atomic E-state index is 0.0105. The molecule has 3 aromatic rings. The molecule has 1 aliphatic heterocycles. The van der Waals surface area contributed by atoms with E-state index in [1.54, 1.807) is 11.9 Å². The first-order valence-corrected chi connectivity index (χ1v) is 14.9. The summed E-state index contributed by atoms with van der Waals surface area (Å²) in [4.78, 5) is 37.5. The number of alkyl halides is 3. The Balaban J connectivity index is 1.38. The summed E-state index contributed by atoms with van der Waals surface area (Å²) in [5.74, 6) is -0.670. The van der Waals surface area contributed by atoms with Crippen molar-refractivity contribution in [1.82, 2.24) is 19.4 Å². The summed E-state index contributed by atoms with van der Waals surface area (Å²) in [5.41, 5.74) is 2.14. The molecular weight excluding hydrogens is 561 g/mol. The molecule has 0 atom stereocenters. The third-order valence-electron chi connectivity index (χ3n) is 8.41. The zero-order valence-corrected chi connectivity index (χ0v) is 24.7. The lowest BCUT2D eigenvalue weighted by molar-refractivity contribution is -0.274. The van der Waals surface area contributed by atoms with E-state index in [1.807, 2.05) is 22.8 Å². The van der Waals surface area contributed by atoms with Crippen molar-refractivity contribution >= 4 is 34.5 Å². The van der Waals surface area contributed by atoms with Crippen LogP contribution in [0.1, 0.15) is 48.9 Å². The zero-order valence-electron chi connectivity index (χ0n) is 24.7. The van der Waals surface area contributed by atoms with E-state index in [0.29, 0.717) is 18.0 Å². The number of imidazole rings is 1. The molecule has 2 aromatic carbocycles. The molecule has 0 bridgehead atoms. The molecule has 1 aromatic heterocycles. The first-order valence-electron chi connectivity index (χ1n) is 14.9. The largest absolute Gasteiger partial charge is 0.573 e. The van der Waals surface area contributed by atoms with Gasteiger partial charge in [0.15, 0.2) is 0 Å². The van der Waals surface area contributed by atoms with E-state index in [2.05, 4.69) is 26.9 Å². The molecule has 2 aliphatic rings. The molecule has 43 heavy (non-hydrogen) atoms. The van der Waals surface area contributed by atoms with E-state index >= 15 is 0 Å². The Kier molecular flexibility index (Phi) is 9.55. The van der Waals surface area contributed by atoms with Crippen LogP contribution in [-0.4, -0.2) is 84.3 Å². The average molecular weight is 601 g/mol. The van der Waals surface area contributed by atoms with Gasteiger partial charge in [0.2, 0.25) is 11.9 Å². The number of amides is 2. The van der Waals surface area contributed by atoms with Crippen molar-refractivity contribution in [1.29, 1.82) is 0 Å². The molecule has 232 valence electrons. The number of aromatic nitrogens is 2.